The lowest BCUT2D eigenvalue weighted by atomic mass is 10.2. The largest absolute Gasteiger partial charge is 0.508 e. The highest BCUT2D eigenvalue weighted by Crippen LogP contribution is 2.20. The van der Waals surface area contributed by atoms with E-state index in [9.17, 15) is 5.11 Å². The standard InChI is InChI=1S/C16H19N3O/c20-16-3-1-15(2-4-16)19-11-9-18(10-12-19)13-14-5-7-17-8-6-14/h1-8,20H,9-13H2. The lowest BCUT2D eigenvalue weighted by Gasteiger charge is -2.36. The summed E-state index contributed by atoms with van der Waals surface area (Å²) in [7, 11) is 0. The number of hydrogen-bond donors (Lipinski definition) is 1. The summed E-state index contributed by atoms with van der Waals surface area (Å²) >= 11 is 0. The van der Waals surface area contributed by atoms with Crippen LogP contribution in [0.2, 0.25) is 0 Å². The van der Waals surface area contributed by atoms with E-state index in [1.54, 1.807) is 12.1 Å². The van der Waals surface area contributed by atoms with Crippen LogP contribution in [0.1, 0.15) is 5.56 Å². The summed E-state index contributed by atoms with van der Waals surface area (Å²) in [4.78, 5) is 8.88. The summed E-state index contributed by atoms with van der Waals surface area (Å²) in [6.07, 6.45) is 3.70. The summed E-state index contributed by atoms with van der Waals surface area (Å²) in [5.74, 6) is 0.324. The molecule has 20 heavy (non-hydrogen) atoms. The van der Waals surface area contributed by atoms with E-state index >= 15 is 0 Å². The molecule has 1 aromatic carbocycles. The molecule has 1 aromatic heterocycles. The third-order valence-corrected chi connectivity index (χ3v) is 3.74. The molecule has 1 aliphatic heterocycles. The second kappa shape index (κ2) is 5.92. The third kappa shape index (κ3) is 3.08. The van der Waals surface area contributed by atoms with Gasteiger partial charge in [0.2, 0.25) is 0 Å². The first-order chi connectivity index (χ1) is 9.81. The molecule has 0 radical (unpaired) electrons. The summed E-state index contributed by atoms with van der Waals surface area (Å²) in [5, 5.41) is 9.33. The zero-order valence-corrected chi connectivity index (χ0v) is 11.4. The van der Waals surface area contributed by atoms with Crippen LogP contribution in [0.5, 0.6) is 5.75 Å². The van der Waals surface area contributed by atoms with E-state index < -0.39 is 0 Å². The number of aromatic hydroxyl groups is 1. The fourth-order valence-electron chi connectivity index (χ4n) is 2.57. The van der Waals surface area contributed by atoms with Gasteiger partial charge in [0, 0.05) is 50.8 Å². The lowest BCUT2D eigenvalue weighted by Crippen LogP contribution is -2.45. The Morgan fingerprint density at radius 1 is 0.900 bits per heavy atom. The number of hydrogen-bond acceptors (Lipinski definition) is 4. The molecule has 0 unspecified atom stereocenters. The number of phenols is 1. The van der Waals surface area contributed by atoms with Gasteiger partial charge in [-0.2, -0.15) is 0 Å². The fourth-order valence-corrected chi connectivity index (χ4v) is 2.57. The van der Waals surface area contributed by atoms with Gasteiger partial charge in [0.05, 0.1) is 0 Å². The van der Waals surface area contributed by atoms with Crippen LogP contribution in [0.4, 0.5) is 5.69 Å². The summed E-state index contributed by atoms with van der Waals surface area (Å²) in [5.41, 5.74) is 2.50. The van der Waals surface area contributed by atoms with Crippen LogP contribution in [-0.4, -0.2) is 41.2 Å². The topological polar surface area (TPSA) is 39.6 Å². The van der Waals surface area contributed by atoms with Crippen LogP contribution in [0.3, 0.4) is 0 Å². The first-order valence-corrected chi connectivity index (χ1v) is 6.96. The molecule has 2 heterocycles. The monoisotopic (exact) mass is 269 g/mol. The highest BCUT2D eigenvalue weighted by Gasteiger charge is 2.17. The minimum Gasteiger partial charge on any atom is -0.508 e. The number of aromatic nitrogens is 1. The minimum atomic E-state index is 0.324. The molecule has 2 aromatic rings. The maximum Gasteiger partial charge on any atom is 0.115 e. The van der Waals surface area contributed by atoms with Gasteiger partial charge < -0.3 is 10.0 Å². The van der Waals surface area contributed by atoms with Gasteiger partial charge in [-0.1, -0.05) is 0 Å². The van der Waals surface area contributed by atoms with Crippen molar-refractivity contribution in [3.8, 4) is 5.75 Å². The minimum absolute atomic E-state index is 0.324. The molecule has 0 amide bonds. The van der Waals surface area contributed by atoms with E-state index in [-0.39, 0.29) is 0 Å². The molecule has 4 nitrogen and oxygen atoms in total. The van der Waals surface area contributed by atoms with Gasteiger partial charge in [0.1, 0.15) is 5.75 Å². The predicted molar refractivity (Wildman–Crippen MR) is 79.8 cm³/mol. The Morgan fingerprint density at radius 2 is 1.55 bits per heavy atom. The van der Waals surface area contributed by atoms with Gasteiger partial charge in [-0.3, -0.25) is 9.88 Å². The molecule has 1 N–H and O–H groups in total. The first-order valence-electron chi connectivity index (χ1n) is 6.96. The molecule has 0 saturated carbocycles. The SMILES string of the molecule is Oc1ccc(N2CCN(Cc3ccncc3)CC2)cc1. The van der Waals surface area contributed by atoms with Crippen molar-refractivity contribution >= 4 is 5.69 Å². The highest BCUT2D eigenvalue weighted by atomic mass is 16.3. The number of anilines is 1. The van der Waals surface area contributed by atoms with Gasteiger partial charge in [0.25, 0.3) is 0 Å². The molecule has 3 rings (SSSR count). The van der Waals surface area contributed by atoms with Gasteiger partial charge >= 0.3 is 0 Å². The smallest absolute Gasteiger partial charge is 0.115 e. The second-order valence-electron chi connectivity index (χ2n) is 5.14. The van der Waals surface area contributed by atoms with E-state index in [1.165, 1.54) is 11.3 Å². The Bertz CT molecular complexity index is 533. The van der Waals surface area contributed by atoms with Crippen molar-refractivity contribution in [2.24, 2.45) is 0 Å². The average Bonchev–Trinajstić information content (AvgIpc) is 2.50. The molecular weight excluding hydrogens is 250 g/mol. The van der Waals surface area contributed by atoms with Gasteiger partial charge in [0.15, 0.2) is 0 Å². The van der Waals surface area contributed by atoms with Crippen molar-refractivity contribution in [3.63, 3.8) is 0 Å². The Morgan fingerprint density at radius 3 is 2.20 bits per heavy atom. The molecule has 1 fully saturated rings. The number of nitrogens with zero attached hydrogens (tertiary/aromatic N) is 3. The molecular formula is C16H19N3O. The van der Waals surface area contributed by atoms with E-state index in [0.29, 0.717) is 5.75 Å². The van der Waals surface area contributed by atoms with Gasteiger partial charge in [-0.15, -0.1) is 0 Å². The average molecular weight is 269 g/mol. The molecule has 0 bridgehead atoms. The van der Waals surface area contributed by atoms with Crippen LogP contribution < -0.4 is 4.90 Å². The third-order valence-electron chi connectivity index (χ3n) is 3.74. The maximum atomic E-state index is 9.33. The number of phenolic OH excluding ortho intramolecular Hbond substituents is 1. The molecule has 4 heteroatoms. The Hall–Kier alpha value is -2.07. The van der Waals surface area contributed by atoms with Crippen LogP contribution in [0.25, 0.3) is 0 Å². The van der Waals surface area contributed by atoms with E-state index in [4.69, 9.17) is 0 Å². The molecule has 1 aliphatic rings. The number of piperazine rings is 1. The number of rotatable bonds is 3. The molecule has 0 atom stereocenters. The quantitative estimate of drug-likeness (QED) is 0.926. The van der Waals surface area contributed by atoms with Crippen molar-refractivity contribution in [1.82, 2.24) is 9.88 Å². The Labute approximate surface area is 119 Å². The number of pyridine rings is 1. The van der Waals surface area contributed by atoms with E-state index in [1.807, 2.05) is 24.5 Å². The van der Waals surface area contributed by atoms with Crippen molar-refractivity contribution in [3.05, 3.63) is 54.4 Å². The maximum absolute atomic E-state index is 9.33. The normalized spacial score (nSPS) is 16.3. The molecule has 0 spiro atoms. The van der Waals surface area contributed by atoms with Crippen LogP contribution in [-0.2, 0) is 6.54 Å². The fraction of sp³-hybridized carbons (Fsp3) is 0.312. The Kier molecular flexibility index (Phi) is 3.83. The predicted octanol–water partition coefficient (Wildman–Crippen LogP) is 2.11. The van der Waals surface area contributed by atoms with E-state index in [0.717, 1.165) is 32.7 Å². The van der Waals surface area contributed by atoms with Crippen LogP contribution >= 0.6 is 0 Å². The summed E-state index contributed by atoms with van der Waals surface area (Å²) < 4.78 is 0. The van der Waals surface area contributed by atoms with Gasteiger partial charge in [-0.05, 0) is 42.0 Å². The van der Waals surface area contributed by atoms with Crippen molar-refractivity contribution in [1.29, 1.82) is 0 Å². The molecule has 104 valence electrons. The highest BCUT2D eigenvalue weighted by molar-refractivity contribution is 5.49. The molecule has 0 aliphatic carbocycles. The summed E-state index contributed by atoms with van der Waals surface area (Å²) in [6.45, 7) is 5.16. The summed E-state index contributed by atoms with van der Waals surface area (Å²) in [6, 6.07) is 11.6. The van der Waals surface area contributed by atoms with Gasteiger partial charge in [-0.25, -0.2) is 0 Å². The zero-order chi connectivity index (χ0) is 13.8. The number of benzene rings is 1. The van der Waals surface area contributed by atoms with Crippen LogP contribution in [0, 0.1) is 0 Å². The lowest BCUT2D eigenvalue weighted by molar-refractivity contribution is 0.250. The molecule has 1 saturated heterocycles. The van der Waals surface area contributed by atoms with E-state index in [2.05, 4.69) is 26.9 Å². The Balaban J connectivity index is 1.55. The van der Waals surface area contributed by atoms with Crippen molar-refractivity contribution in [2.75, 3.05) is 31.1 Å². The van der Waals surface area contributed by atoms with Crippen LogP contribution in [0.15, 0.2) is 48.8 Å². The second-order valence-corrected chi connectivity index (χ2v) is 5.14. The van der Waals surface area contributed by atoms with Crippen molar-refractivity contribution < 1.29 is 5.11 Å². The first kappa shape index (κ1) is 12.9. The zero-order valence-electron chi connectivity index (χ0n) is 11.4. The van der Waals surface area contributed by atoms with Crippen molar-refractivity contribution in [2.45, 2.75) is 6.54 Å².